The largest absolute Gasteiger partial charge is 0.388 e. The lowest BCUT2D eigenvalue weighted by Crippen LogP contribution is -2.33. The maximum absolute atomic E-state index is 13.0. The number of unbranched alkanes of at least 4 members (excludes halogenated alkanes) is 2. The second-order valence-electron chi connectivity index (χ2n) is 9.30. The number of halogens is 1. The number of amides is 1. The molecular weight excluding hydrogens is 403 g/mol. The number of nitrogens with zero attached hydrogens (tertiary/aromatic N) is 1. The van der Waals surface area contributed by atoms with Gasteiger partial charge in [0, 0.05) is 11.6 Å². The van der Waals surface area contributed by atoms with E-state index >= 15 is 0 Å². The third-order valence-electron chi connectivity index (χ3n) is 6.44. The van der Waals surface area contributed by atoms with Crippen molar-refractivity contribution >= 4 is 11.6 Å². The first-order chi connectivity index (χ1) is 15.4. The van der Waals surface area contributed by atoms with Gasteiger partial charge in [-0.3, -0.25) is 4.79 Å². The first-order valence-electron chi connectivity index (χ1n) is 12.0. The molecule has 1 saturated heterocycles. The van der Waals surface area contributed by atoms with Crippen molar-refractivity contribution in [3.05, 3.63) is 65.5 Å². The SMILES string of the molecule is CC(C)C(=O)Nc1cccc(C2CCN(CCCCCC(O)c3ccc(F)cc3)CC2)c1. The summed E-state index contributed by atoms with van der Waals surface area (Å²) in [6.07, 6.45) is 5.71. The van der Waals surface area contributed by atoms with E-state index in [1.807, 2.05) is 26.0 Å². The molecule has 1 fully saturated rings. The van der Waals surface area contributed by atoms with Gasteiger partial charge < -0.3 is 15.3 Å². The number of carbonyl (C=O) groups is 1. The summed E-state index contributed by atoms with van der Waals surface area (Å²) in [7, 11) is 0. The molecule has 3 rings (SSSR count). The van der Waals surface area contributed by atoms with Gasteiger partial charge in [0.2, 0.25) is 5.91 Å². The Hall–Kier alpha value is -2.24. The summed E-state index contributed by atoms with van der Waals surface area (Å²) in [6.45, 7) is 7.12. The Balaban J connectivity index is 1.34. The summed E-state index contributed by atoms with van der Waals surface area (Å²) in [5.74, 6) is 0.318. The fraction of sp³-hybridized carbons (Fsp3) is 0.519. The smallest absolute Gasteiger partial charge is 0.226 e. The van der Waals surface area contributed by atoms with E-state index in [1.54, 1.807) is 12.1 Å². The number of aliphatic hydroxyl groups excluding tert-OH is 1. The van der Waals surface area contributed by atoms with Crippen LogP contribution in [0.2, 0.25) is 0 Å². The molecular formula is C27H37FN2O2. The lowest BCUT2D eigenvalue weighted by molar-refractivity contribution is -0.118. The Bertz CT molecular complexity index is 845. The monoisotopic (exact) mass is 440 g/mol. The summed E-state index contributed by atoms with van der Waals surface area (Å²) >= 11 is 0. The lowest BCUT2D eigenvalue weighted by atomic mass is 9.89. The second-order valence-corrected chi connectivity index (χ2v) is 9.30. The molecule has 4 nitrogen and oxygen atoms in total. The van der Waals surface area contributed by atoms with Crippen LogP contribution in [0.1, 0.15) is 75.5 Å². The molecule has 0 aromatic heterocycles. The number of anilines is 1. The molecule has 5 heteroatoms. The van der Waals surface area contributed by atoms with Gasteiger partial charge >= 0.3 is 0 Å². The highest BCUT2D eigenvalue weighted by molar-refractivity contribution is 5.92. The zero-order valence-corrected chi connectivity index (χ0v) is 19.4. The highest BCUT2D eigenvalue weighted by Crippen LogP contribution is 2.30. The third-order valence-corrected chi connectivity index (χ3v) is 6.44. The average Bonchev–Trinajstić information content (AvgIpc) is 2.79. The van der Waals surface area contributed by atoms with Gasteiger partial charge in [0.25, 0.3) is 0 Å². The van der Waals surface area contributed by atoms with Crippen LogP contribution < -0.4 is 5.32 Å². The first-order valence-corrected chi connectivity index (χ1v) is 12.0. The van der Waals surface area contributed by atoms with Gasteiger partial charge in [-0.2, -0.15) is 0 Å². The Kier molecular flexibility index (Phi) is 9.24. The number of benzene rings is 2. The van der Waals surface area contributed by atoms with E-state index in [9.17, 15) is 14.3 Å². The van der Waals surface area contributed by atoms with Crippen LogP contribution >= 0.6 is 0 Å². The first kappa shape index (κ1) is 24.4. The molecule has 174 valence electrons. The minimum atomic E-state index is -0.507. The van der Waals surface area contributed by atoms with E-state index in [0.717, 1.165) is 69.4 Å². The van der Waals surface area contributed by atoms with Crippen LogP contribution in [0, 0.1) is 11.7 Å². The van der Waals surface area contributed by atoms with Crippen molar-refractivity contribution in [1.29, 1.82) is 0 Å². The van der Waals surface area contributed by atoms with Crippen LogP contribution in [-0.2, 0) is 4.79 Å². The summed E-state index contributed by atoms with van der Waals surface area (Å²) in [5.41, 5.74) is 3.01. The van der Waals surface area contributed by atoms with Crippen molar-refractivity contribution in [1.82, 2.24) is 4.90 Å². The molecule has 1 unspecified atom stereocenters. The van der Waals surface area contributed by atoms with Crippen molar-refractivity contribution in [2.75, 3.05) is 25.0 Å². The molecule has 0 bridgehead atoms. The number of hydrogen-bond donors (Lipinski definition) is 2. The number of piperidine rings is 1. The molecule has 0 radical (unpaired) electrons. The maximum atomic E-state index is 13.0. The van der Waals surface area contributed by atoms with E-state index in [1.165, 1.54) is 17.7 Å². The molecule has 2 N–H and O–H groups in total. The number of likely N-dealkylation sites (tertiary alicyclic amines) is 1. The van der Waals surface area contributed by atoms with E-state index in [4.69, 9.17) is 0 Å². The fourth-order valence-corrected chi connectivity index (χ4v) is 4.35. The highest BCUT2D eigenvalue weighted by Gasteiger charge is 2.21. The molecule has 0 spiro atoms. The Morgan fingerprint density at radius 1 is 1.09 bits per heavy atom. The summed E-state index contributed by atoms with van der Waals surface area (Å²) in [6, 6.07) is 14.4. The number of hydrogen-bond acceptors (Lipinski definition) is 3. The number of nitrogens with one attached hydrogen (secondary N) is 1. The molecule has 0 aliphatic carbocycles. The average molecular weight is 441 g/mol. The Morgan fingerprint density at radius 3 is 2.50 bits per heavy atom. The molecule has 1 aliphatic heterocycles. The molecule has 1 atom stereocenters. The van der Waals surface area contributed by atoms with Crippen molar-refractivity contribution in [2.45, 2.75) is 64.4 Å². The normalized spacial score (nSPS) is 16.3. The van der Waals surface area contributed by atoms with Crippen LogP contribution in [0.5, 0.6) is 0 Å². The lowest BCUT2D eigenvalue weighted by Gasteiger charge is -2.32. The highest BCUT2D eigenvalue weighted by atomic mass is 19.1. The van der Waals surface area contributed by atoms with Gasteiger partial charge in [0.15, 0.2) is 0 Å². The predicted octanol–water partition coefficient (Wildman–Crippen LogP) is 5.89. The number of aliphatic hydroxyl groups is 1. The third kappa shape index (κ3) is 7.42. The van der Waals surface area contributed by atoms with Gasteiger partial charge in [0.05, 0.1) is 6.10 Å². The van der Waals surface area contributed by atoms with Crippen molar-refractivity contribution < 1.29 is 14.3 Å². The minimum Gasteiger partial charge on any atom is -0.388 e. The van der Waals surface area contributed by atoms with Gasteiger partial charge in [-0.15, -0.1) is 0 Å². The second kappa shape index (κ2) is 12.1. The number of rotatable bonds is 10. The van der Waals surface area contributed by atoms with E-state index < -0.39 is 6.10 Å². The molecule has 2 aromatic rings. The van der Waals surface area contributed by atoms with Gasteiger partial charge in [0.1, 0.15) is 5.82 Å². The van der Waals surface area contributed by atoms with Crippen LogP contribution in [0.25, 0.3) is 0 Å². The fourth-order valence-electron chi connectivity index (χ4n) is 4.35. The van der Waals surface area contributed by atoms with E-state index in [-0.39, 0.29) is 17.6 Å². The molecule has 0 saturated carbocycles. The summed E-state index contributed by atoms with van der Waals surface area (Å²) in [5, 5.41) is 13.2. The molecule has 2 aromatic carbocycles. The molecule has 1 amide bonds. The zero-order chi connectivity index (χ0) is 22.9. The predicted molar refractivity (Wildman–Crippen MR) is 128 cm³/mol. The Labute approximate surface area is 191 Å². The van der Waals surface area contributed by atoms with Gasteiger partial charge in [-0.05, 0) is 86.6 Å². The quantitative estimate of drug-likeness (QED) is 0.453. The molecule has 1 aliphatic rings. The molecule has 1 heterocycles. The topological polar surface area (TPSA) is 52.6 Å². The zero-order valence-electron chi connectivity index (χ0n) is 19.4. The van der Waals surface area contributed by atoms with Crippen LogP contribution in [0.3, 0.4) is 0 Å². The molecule has 32 heavy (non-hydrogen) atoms. The van der Waals surface area contributed by atoms with Crippen molar-refractivity contribution in [3.63, 3.8) is 0 Å². The van der Waals surface area contributed by atoms with Crippen LogP contribution in [-0.4, -0.2) is 35.5 Å². The van der Waals surface area contributed by atoms with Gasteiger partial charge in [-0.25, -0.2) is 4.39 Å². The van der Waals surface area contributed by atoms with Crippen molar-refractivity contribution in [2.24, 2.45) is 5.92 Å². The Morgan fingerprint density at radius 2 is 1.81 bits per heavy atom. The van der Waals surface area contributed by atoms with E-state index in [0.29, 0.717) is 5.92 Å². The summed E-state index contributed by atoms with van der Waals surface area (Å²) in [4.78, 5) is 14.5. The van der Waals surface area contributed by atoms with Crippen LogP contribution in [0.4, 0.5) is 10.1 Å². The minimum absolute atomic E-state index is 0.0203. The maximum Gasteiger partial charge on any atom is 0.226 e. The van der Waals surface area contributed by atoms with E-state index in [2.05, 4.69) is 22.3 Å². The van der Waals surface area contributed by atoms with Crippen LogP contribution in [0.15, 0.2) is 48.5 Å². The van der Waals surface area contributed by atoms with Crippen molar-refractivity contribution in [3.8, 4) is 0 Å². The standard InChI is InChI=1S/C27H37FN2O2/c1-20(2)27(32)29-25-8-6-7-23(19-25)21-14-17-30(18-15-21)16-5-3-4-9-26(31)22-10-12-24(28)13-11-22/h6-8,10-13,19-21,26,31H,3-5,9,14-18H2,1-2H3,(H,29,32). The number of carbonyl (C=O) groups excluding carboxylic acids is 1. The summed E-state index contributed by atoms with van der Waals surface area (Å²) < 4.78 is 13.0. The van der Waals surface area contributed by atoms with Gasteiger partial charge in [-0.1, -0.05) is 51.0 Å².